The molecule has 1 atom stereocenters. The largest absolute Gasteiger partial charge is 0.486 e. The molecule has 29 heavy (non-hydrogen) atoms. The van der Waals surface area contributed by atoms with Crippen molar-refractivity contribution in [2.75, 3.05) is 19.8 Å². The number of sulfonamides is 1. The lowest BCUT2D eigenvalue weighted by Gasteiger charge is -2.24. The maximum absolute atomic E-state index is 13.2. The van der Waals surface area contributed by atoms with Crippen LogP contribution in [0.2, 0.25) is 0 Å². The Hall–Kier alpha value is -2.58. The van der Waals surface area contributed by atoms with Crippen molar-refractivity contribution in [1.82, 2.24) is 9.62 Å². The zero-order chi connectivity index (χ0) is 20.4. The third kappa shape index (κ3) is 4.09. The predicted molar refractivity (Wildman–Crippen MR) is 107 cm³/mol. The van der Waals surface area contributed by atoms with Crippen LogP contribution in [-0.2, 0) is 21.4 Å². The molecule has 4 rings (SSSR count). The van der Waals surface area contributed by atoms with Crippen molar-refractivity contribution < 1.29 is 22.7 Å². The molecule has 0 saturated carbocycles. The van der Waals surface area contributed by atoms with Gasteiger partial charge in [0.05, 0.1) is 4.90 Å². The van der Waals surface area contributed by atoms with Crippen LogP contribution in [0.15, 0.2) is 47.4 Å². The van der Waals surface area contributed by atoms with Crippen LogP contribution in [0.1, 0.15) is 24.0 Å². The fourth-order valence-corrected chi connectivity index (χ4v) is 5.29. The van der Waals surface area contributed by atoms with Crippen LogP contribution in [-0.4, -0.2) is 44.4 Å². The van der Waals surface area contributed by atoms with Gasteiger partial charge in [0, 0.05) is 19.2 Å². The number of carbonyl (C=O) groups excluding carboxylic acids is 1. The minimum Gasteiger partial charge on any atom is -0.486 e. The van der Waals surface area contributed by atoms with Crippen LogP contribution in [0, 0.1) is 6.92 Å². The first-order valence-corrected chi connectivity index (χ1v) is 11.1. The van der Waals surface area contributed by atoms with Gasteiger partial charge in [-0.3, -0.25) is 4.79 Å². The molecule has 0 aliphatic carbocycles. The average molecular weight is 416 g/mol. The van der Waals surface area contributed by atoms with Gasteiger partial charge in [0.2, 0.25) is 15.9 Å². The summed E-state index contributed by atoms with van der Waals surface area (Å²) in [6.07, 6.45) is 1.15. The van der Waals surface area contributed by atoms with Crippen LogP contribution < -0.4 is 14.8 Å². The molecule has 8 heteroatoms. The van der Waals surface area contributed by atoms with Crippen LogP contribution in [0.25, 0.3) is 0 Å². The molecule has 2 aliphatic heterocycles. The minimum absolute atomic E-state index is 0.111. The zero-order valence-corrected chi connectivity index (χ0v) is 17.1. The van der Waals surface area contributed by atoms with Crippen LogP contribution in [0.3, 0.4) is 0 Å². The van der Waals surface area contributed by atoms with Gasteiger partial charge in [-0.15, -0.1) is 0 Å². The summed E-state index contributed by atoms with van der Waals surface area (Å²) in [7, 11) is -3.82. The summed E-state index contributed by atoms with van der Waals surface area (Å²) in [5.41, 5.74) is 2.12. The average Bonchev–Trinajstić information content (AvgIpc) is 3.24. The standard InChI is InChI=1S/C21H24N2O5S/c1-15-4-6-16(7-5-15)14-22-21(24)18-3-2-10-23(18)29(25,26)17-8-9-19-20(13-17)28-12-11-27-19/h4-9,13,18H,2-3,10-12,14H2,1H3,(H,22,24)/t18-/m0/s1. The molecule has 7 nitrogen and oxygen atoms in total. The van der Waals surface area contributed by atoms with Crippen molar-refractivity contribution in [3.8, 4) is 11.5 Å². The Bertz CT molecular complexity index is 1000. The second kappa shape index (κ2) is 8.04. The lowest BCUT2D eigenvalue weighted by molar-refractivity contribution is -0.124. The minimum atomic E-state index is -3.82. The first kappa shape index (κ1) is 19.7. The molecular weight excluding hydrogens is 392 g/mol. The van der Waals surface area contributed by atoms with E-state index in [2.05, 4.69) is 5.32 Å². The first-order valence-electron chi connectivity index (χ1n) is 9.70. The van der Waals surface area contributed by atoms with E-state index in [1.165, 1.54) is 16.4 Å². The number of hydrogen-bond donors (Lipinski definition) is 1. The SMILES string of the molecule is Cc1ccc(CNC(=O)[C@@H]2CCCN2S(=O)(=O)c2ccc3c(c2)OCCO3)cc1. The Morgan fingerprint density at radius 3 is 2.59 bits per heavy atom. The molecule has 0 bridgehead atoms. The molecule has 2 aliphatic rings. The third-order valence-electron chi connectivity index (χ3n) is 5.21. The van der Waals surface area contributed by atoms with Crippen molar-refractivity contribution in [1.29, 1.82) is 0 Å². The normalized spacial score (nSPS) is 19.1. The quantitative estimate of drug-likeness (QED) is 0.808. The Morgan fingerprint density at radius 1 is 1.10 bits per heavy atom. The number of carbonyl (C=O) groups is 1. The van der Waals surface area contributed by atoms with Gasteiger partial charge < -0.3 is 14.8 Å². The molecule has 154 valence electrons. The summed E-state index contributed by atoms with van der Waals surface area (Å²) >= 11 is 0. The van der Waals surface area contributed by atoms with Gasteiger partial charge in [-0.1, -0.05) is 29.8 Å². The number of amides is 1. The Balaban J connectivity index is 1.49. The number of hydrogen-bond acceptors (Lipinski definition) is 5. The second-order valence-corrected chi connectivity index (χ2v) is 9.17. The monoisotopic (exact) mass is 416 g/mol. The summed E-state index contributed by atoms with van der Waals surface area (Å²) in [6, 6.07) is 11.7. The van der Waals surface area contributed by atoms with Crippen LogP contribution in [0.5, 0.6) is 11.5 Å². The molecule has 0 radical (unpaired) electrons. The summed E-state index contributed by atoms with van der Waals surface area (Å²) in [5, 5.41) is 2.87. The highest BCUT2D eigenvalue weighted by Gasteiger charge is 2.39. The molecule has 2 aromatic rings. The molecule has 1 saturated heterocycles. The topological polar surface area (TPSA) is 84.9 Å². The number of fused-ring (bicyclic) bond motifs is 1. The molecule has 0 spiro atoms. The van der Waals surface area contributed by atoms with Gasteiger partial charge in [-0.05, 0) is 37.5 Å². The lowest BCUT2D eigenvalue weighted by atomic mass is 10.1. The number of aryl methyl sites for hydroxylation is 1. The highest BCUT2D eigenvalue weighted by Crippen LogP contribution is 2.34. The van der Waals surface area contributed by atoms with Crippen LogP contribution >= 0.6 is 0 Å². The third-order valence-corrected chi connectivity index (χ3v) is 7.12. The van der Waals surface area contributed by atoms with E-state index >= 15 is 0 Å². The molecule has 0 unspecified atom stereocenters. The predicted octanol–water partition coefficient (Wildman–Crippen LogP) is 2.24. The highest BCUT2D eigenvalue weighted by atomic mass is 32.2. The summed E-state index contributed by atoms with van der Waals surface area (Å²) in [4.78, 5) is 12.9. The smallest absolute Gasteiger partial charge is 0.243 e. The van der Waals surface area contributed by atoms with E-state index in [4.69, 9.17) is 9.47 Å². The van der Waals surface area contributed by atoms with Gasteiger partial charge in [-0.2, -0.15) is 4.31 Å². The number of benzene rings is 2. The summed E-state index contributed by atoms with van der Waals surface area (Å²) in [5.74, 6) is 0.671. The molecule has 0 aromatic heterocycles. The zero-order valence-electron chi connectivity index (χ0n) is 16.3. The fraction of sp³-hybridized carbons (Fsp3) is 0.381. The van der Waals surface area contributed by atoms with E-state index in [-0.39, 0.29) is 10.8 Å². The maximum atomic E-state index is 13.2. The van der Waals surface area contributed by atoms with Crippen molar-refractivity contribution in [2.24, 2.45) is 0 Å². The summed E-state index contributed by atoms with van der Waals surface area (Å²) in [6.45, 7) is 3.51. The second-order valence-electron chi connectivity index (χ2n) is 7.28. The highest BCUT2D eigenvalue weighted by molar-refractivity contribution is 7.89. The van der Waals surface area contributed by atoms with Gasteiger partial charge in [0.15, 0.2) is 11.5 Å². The Kier molecular flexibility index (Phi) is 5.47. The molecule has 2 heterocycles. The van der Waals surface area contributed by atoms with Crippen molar-refractivity contribution in [3.05, 3.63) is 53.6 Å². The van der Waals surface area contributed by atoms with E-state index in [1.54, 1.807) is 6.07 Å². The summed E-state index contributed by atoms with van der Waals surface area (Å²) < 4.78 is 38.7. The fourth-order valence-electron chi connectivity index (χ4n) is 3.62. The van der Waals surface area contributed by atoms with Crippen molar-refractivity contribution in [3.63, 3.8) is 0 Å². The van der Waals surface area contributed by atoms with Crippen molar-refractivity contribution >= 4 is 15.9 Å². The molecule has 1 fully saturated rings. The molecule has 2 aromatic carbocycles. The van der Waals surface area contributed by atoms with Crippen molar-refractivity contribution in [2.45, 2.75) is 37.2 Å². The molecule has 1 amide bonds. The van der Waals surface area contributed by atoms with E-state index in [0.29, 0.717) is 50.6 Å². The van der Waals surface area contributed by atoms with E-state index < -0.39 is 16.1 Å². The van der Waals surface area contributed by atoms with Gasteiger partial charge >= 0.3 is 0 Å². The molecule has 1 N–H and O–H groups in total. The number of nitrogens with one attached hydrogen (secondary N) is 1. The van der Waals surface area contributed by atoms with Gasteiger partial charge in [-0.25, -0.2) is 8.42 Å². The van der Waals surface area contributed by atoms with Gasteiger partial charge in [0.25, 0.3) is 0 Å². The lowest BCUT2D eigenvalue weighted by Crippen LogP contribution is -2.45. The molecular formula is C21H24N2O5S. The number of ether oxygens (including phenoxy) is 2. The van der Waals surface area contributed by atoms with E-state index in [0.717, 1.165) is 11.1 Å². The maximum Gasteiger partial charge on any atom is 0.243 e. The number of rotatable bonds is 5. The Morgan fingerprint density at radius 2 is 1.83 bits per heavy atom. The Labute approximate surface area is 170 Å². The first-order chi connectivity index (χ1) is 13.9. The number of nitrogens with zero attached hydrogens (tertiary/aromatic N) is 1. The van der Waals surface area contributed by atoms with Crippen LogP contribution in [0.4, 0.5) is 0 Å². The van der Waals surface area contributed by atoms with E-state index in [9.17, 15) is 13.2 Å². The van der Waals surface area contributed by atoms with E-state index in [1.807, 2.05) is 31.2 Å². The van der Waals surface area contributed by atoms with Gasteiger partial charge in [0.1, 0.15) is 19.3 Å².